The zero-order valence-electron chi connectivity index (χ0n) is 11.4. The van der Waals surface area contributed by atoms with Crippen molar-refractivity contribution in [2.45, 2.75) is 25.3 Å². The Morgan fingerprint density at radius 2 is 1.95 bits per heavy atom. The van der Waals surface area contributed by atoms with Gasteiger partial charge in [0, 0.05) is 24.8 Å². The topological polar surface area (TPSA) is 49.2 Å². The van der Waals surface area contributed by atoms with Gasteiger partial charge in [-0.25, -0.2) is 0 Å². The summed E-state index contributed by atoms with van der Waals surface area (Å²) in [5.74, 6) is 0.917. The summed E-state index contributed by atoms with van der Waals surface area (Å²) in [7, 11) is 0. The van der Waals surface area contributed by atoms with Gasteiger partial charge in [0.1, 0.15) is 0 Å². The van der Waals surface area contributed by atoms with E-state index in [1.54, 1.807) is 0 Å². The lowest BCUT2D eigenvalue weighted by atomic mass is 10.1. The average molecular weight is 269 g/mol. The minimum absolute atomic E-state index is 0.233. The van der Waals surface area contributed by atoms with Crippen molar-refractivity contribution < 1.29 is 5.11 Å². The van der Waals surface area contributed by atoms with Crippen LogP contribution in [-0.4, -0.2) is 34.5 Å². The van der Waals surface area contributed by atoms with Gasteiger partial charge in [0.05, 0.1) is 5.69 Å². The van der Waals surface area contributed by atoms with E-state index < -0.39 is 0 Å². The molecular formula is C16H19N3O. The van der Waals surface area contributed by atoms with E-state index in [9.17, 15) is 0 Å². The molecule has 0 amide bonds. The van der Waals surface area contributed by atoms with E-state index >= 15 is 0 Å². The Labute approximate surface area is 119 Å². The summed E-state index contributed by atoms with van der Waals surface area (Å²) in [5, 5.41) is 17.8. The normalized spacial score (nSPS) is 18.4. The number of benzene rings is 1. The van der Waals surface area contributed by atoms with Crippen LogP contribution in [0.1, 0.15) is 19.3 Å². The maximum atomic E-state index is 9.12. The van der Waals surface area contributed by atoms with Crippen molar-refractivity contribution in [3.8, 4) is 11.3 Å². The molecule has 0 spiro atoms. The zero-order valence-corrected chi connectivity index (χ0v) is 11.4. The molecule has 2 aromatic rings. The minimum Gasteiger partial charge on any atom is -0.396 e. The molecule has 0 aliphatic carbocycles. The second kappa shape index (κ2) is 6.01. The van der Waals surface area contributed by atoms with Gasteiger partial charge in [0.25, 0.3) is 0 Å². The van der Waals surface area contributed by atoms with Gasteiger partial charge in [-0.15, -0.1) is 10.2 Å². The Bertz CT molecular complexity index is 541. The van der Waals surface area contributed by atoms with Crippen molar-refractivity contribution in [3.05, 3.63) is 42.5 Å². The molecule has 1 aromatic heterocycles. The van der Waals surface area contributed by atoms with E-state index in [-0.39, 0.29) is 6.61 Å². The summed E-state index contributed by atoms with van der Waals surface area (Å²) in [4.78, 5) is 2.26. The number of rotatable bonds is 4. The molecule has 1 aliphatic rings. The highest BCUT2D eigenvalue weighted by molar-refractivity contribution is 5.59. The highest BCUT2D eigenvalue weighted by atomic mass is 16.3. The second-order valence-electron chi connectivity index (χ2n) is 5.14. The van der Waals surface area contributed by atoms with E-state index in [1.807, 2.05) is 42.5 Å². The van der Waals surface area contributed by atoms with Gasteiger partial charge in [0.15, 0.2) is 5.82 Å². The Morgan fingerprint density at radius 3 is 2.65 bits per heavy atom. The van der Waals surface area contributed by atoms with E-state index in [2.05, 4.69) is 15.1 Å². The maximum absolute atomic E-state index is 9.12. The van der Waals surface area contributed by atoms with Gasteiger partial charge >= 0.3 is 0 Å². The lowest BCUT2D eigenvalue weighted by Gasteiger charge is -2.24. The Balaban J connectivity index is 1.79. The molecule has 104 valence electrons. The number of anilines is 1. The number of hydrogen-bond acceptors (Lipinski definition) is 4. The molecule has 0 saturated carbocycles. The minimum atomic E-state index is 0.233. The first-order valence-electron chi connectivity index (χ1n) is 7.15. The van der Waals surface area contributed by atoms with Crippen LogP contribution in [0.2, 0.25) is 0 Å². The summed E-state index contributed by atoms with van der Waals surface area (Å²) < 4.78 is 0. The lowest BCUT2D eigenvalue weighted by Crippen LogP contribution is -2.30. The Hall–Kier alpha value is -1.94. The van der Waals surface area contributed by atoms with Gasteiger partial charge in [-0.1, -0.05) is 30.3 Å². The van der Waals surface area contributed by atoms with Crippen LogP contribution in [0.4, 0.5) is 5.82 Å². The lowest BCUT2D eigenvalue weighted by molar-refractivity contribution is 0.275. The molecule has 4 nitrogen and oxygen atoms in total. The van der Waals surface area contributed by atoms with Gasteiger partial charge in [0.2, 0.25) is 0 Å². The number of nitrogens with zero attached hydrogens (tertiary/aromatic N) is 3. The summed E-state index contributed by atoms with van der Waals surface area (Å²) >= 11 is 0. The van der Waals surface area contributed by atoms with Crippen molar-refractivity contribution in [2.24, 2.45) is 0 Å². The highest BCUT2D eigenvalue weighted by Gasteiger charge is 2.25. The van der Waals surface area contributed by atoms with Crippen molar-refractivity contribution in [1.82, 2.24) is 10.2 Å². The summed E-state index contributed by atoms with van der Waals surface area (Å²) in [6.07, 6.45) is 3.09. The van der Waals surface area contributed by atoms with Crippen LogP contribution in [0, 0.1) is 0 Å². The summed E-state index contributed by atoms with van der Waals surface area (Å²) in [6.45, 7) is 1.24. The van der Waals surface area contributed by atoms with E-state index in [1.165, 1.54) is 0 Å². The standard InChI is InChI=1S/C16H19N3O/c20-12-10-14-7-4-11-19(14)16-9-8-15(17-18-16)13-5-2-1-3-6-13/h1-3,5-6,8-9,14,20H,4,7,10-12H2. The number of aliphatic hydroxyl groups is 1. The van der Waals surface area contributed by atoms with E-state index in [4.69, 9.17) is 5.11 Å². The molecule has 2 heterocycles. The Kier molecular flexibility index (Phi) is 3.92. The smallest absolute Gasteiger partial charge is 0.151 e. The third-order valence-electron chi connectivity index (χ3n) is 3.85. The maximum Gasteiger partial charge on any atom is 0.151 e. The molecule has 1 N–H and O–H groups in total. The fourth-order valence-electron chi connectivity index (χ4n) is 2.83. The molecule has 20 heavy (non-hydrogen) atoms. The first-order chi connectivity index (χ1) is 9.88. The van der Waals surface area contributed by atoms with Gasteiger partial charge in [-0.2, -0.15) is 0 Å². The van der Waals surface area contributed by atoms with Crippen LogP contribution < -0.4 is 4.90 Å². The number of aliphatic hydroxyl groups excluding tert-OH is 1. The first-order valence-corrected chi connectivity index (χ1v) is 7.15. The highest BCUT2D eigenvalue weighted by Crippen LogP contribution is 2.26. The fourth-order valence-corrected chi connectivity index (χ4v) is 2.83. The van der Waals surface area contributed by atoms with Crippen LogP contribution in [0.25, 0.3) is 11.3 Å². The monoisotopic (exact) mass is 269 g/mol. The quantitative estimate of drug-likeness (QED) is 0.926. The molecule has 1 atom stereocenters. The van der Waals surface area contributed by atoms with Crippen LogP contribution in [0.15, 0.2) is 42.5 Å². The largest absolute Gasteiger partial charge is 0.396 e. The number of aromatic nitrogens is 2. The van der Waals surface area contributed by atoms with Crippen LogP contribution in [0.3, 0.4) is 0 Å². The zero-order chi connectivity index (χ0) is 13.8. The van der Waals surface area contributed by atoms with Crippen molar-refractivity contribution in [1.29, 1.82) is 0 Å². The molecule has 4 heteroatoms. The first kappa shape index (κ1) is 13.1. The SMILES string of the molecule is OCCC1CCCN1c1ccc(-c2ccccc2)nn1. The fraction of sp³-hybridized carbons (Fsp3) is 0.375. The third kappa shape index (κ3) is 2.65. The van der Waals surface area contributed by atoms with E-state index in [0.29, 0.717) is 6.04 Å². The van der Waals surface area contributed by atoms with Crippen LogP contribution >= 0.6 is 0 Å². The predicted molar refractivity (Wildman–Crippen MR) is 79.5 cm³/mol. The molecule has 1 aromatic carbocycles. The van der Waals surface area contributed by atoms with Gasteiger partial charge in [-0.05, 0) is 31.4 Å². The molecular weight excluding hydrogens is 250 g/mol. The molecule has 0 radical (unpaired) electrons. The third-order valence-corrected chi connectivity index (χ3v) is 3.85. The van der Waals surface area contributed by atoms with Crippen molar-refractivity contribution in [3.63, 3.8) is 0 Å². The summed E-state index contributed by atoms with van der Waals surface area (Å²) in [6, 6.07) is 14.5. The summed E-state index contributed by atoms with van der Waals surface area (Å²) in [5.41, 5.74) is 1.98. The second-order valence-corrected chi connectivity index (χ2v) is 5.14. The van der Waals surface area contributed by atoms with Crippen LogP contribution in [0.5, 0.6) is 0 Å². The van der Waals surface area contributed by atoms with Crippen molar-refractivity contribution >= 4 is 5.82 Å². The van der Waals surface area contributed by atoms with Gasteiger partial charge in [-0.3, -0.25) is 0 Å². The molecule has 1 fully saturated rings. The molecule has 3 rings (SSSR count). The average Bonchev–Trinajstić information content (AvgIpc) is 2.97. The Morgan fingerprint density at radius 1 is 1.10 bits per heavy atom. The van der Waals surface area contributed by atoms with Crippen LogP contribution in [-0.2, 0) is 0 Å². The molecule has 0 bridgehead atoms. The molecule has 1 aliphatic heterocycles. The predicted octanol–water partition coefficient (Wildman–Crippen LogP) is 2.49. The molecule has 1 unspecified atom stereocenters. The van der Waals surface area contributed by atoms with Crippen molar-refractivity contribution in [2.75, 3.05) is 18.1 Å². The number of hydrogen-bond donors (Lipinski definition) is 1. The van der Waals surface area contributed by atoms with Gasteiger partial charge < -0.3 is 10.0 Å². The van der Waals surface area contributed by atoms with E-state index in [0.717, 1.165) is 42.9 Å². The molecule has 1 saturated heterocycles.